The van der Waals surface area contributed by atoms with Crippen LogP contribution in [0.1, 0.15) is 72.9 Å². The van der Waals surface area contributed by atoms with Gasteiger partial charge in [0.25, 0.3) is 0 Å². The molecule has 16 heteroatoms. The molecule has 1 N–H and O–H groups in total. The zero-order chi connectivity index (χ0) is 87.5. The lowest BCUT2D eigenvalue weighted by Crippen LogP contribution is -2.56. The van der Waals surface area contributed by atoms with E-state index in [-0.39, 0.29) is 30.3 Å². The van der Waals surface area contributed by atoms with Crippen molar-refractivity contribution in [2.45, 2.75) is 77.2 Å². The van der Waals surface area contributed by atoms with Crippen LogP contribution >= 0.6 is 0 Å². The summed E-state index contributed by atoms with van der Waals surface area (Å²) in [6, 6.07) is 120. The summed E-state index contributed by atoms with van der Waals surface area (Å²) < 4.78 is 39.5. The van der Waals surface area contributed by atoms with Gasteiger partial charge in [-0.1, -0.05) is 365 Å². The predicted octanol–water partition coefficient (Wildman–Crippen LogP) is 20.1. The first-order chi connectivity index (χ1) is 61.6. The summed E-state index contributed by atoms with van der Waals surface area (Å²) >= 11 is 0. The Morgan fingerprint density at radius 3 is 1.02 bits per heavy atom. The highest BCUT2D eigenvalue weighted by Gasteiger charge is 2.36. The summed E-state index contributed by atoms with van der Waals surface area (Å²) in [5.74, 6) is 0.00448. The molecule has 13 aromatic carbocycles. The molecule has 126 heavy (non-hydrogen) atoms. The molecule has 3 saturated heterocycles. The molecule has 0 aromatic heterocycles. The van der Waals surface area contributed by atoms with Crippen molar-refractivity contribution < 1.29 is 37.1 Å². The summed E-state index contributed by atoms with van der Waals surface area (Å²) in [5.41, 5.74) is 16.5. The highest BCUT2D eigenvalue weighted by atomic mass is 19.4. The van der Waals surface area contributed by atoms with Crippen LogP contribution in [0, 0.1) is 5.92 Å². The van der Waals surface area contributed by atoms with E-state index in [0.29, 0.717) is 62.6 Å². The lowest BCUT2D eigenvalue weighted by atomic mass is 9.99. The normalized spacial score (nSPS) is 14.5. The van der Waals surface area contributed by atoms with Gasteiger partial charge in [0.1, 0.15) is 12.3 Å². The quantitative estimate of drug-likeness (QED) is 0.0396. The van der Waals surface area contributed by atoms with E-state index in [1.54, 1.807) is 4.90 Å². The molecule has 13 aromatic rings. The number of aldehydes is 1. The Labute approximate surface area is 740 Å². The lowest BCUT2D eigenvalue weighted by molar-refractivity contribution is -0.145. The Balaban J connectivity index is 0.000000157. The summed E-state index contributed by atoms with van der Waals surface area (Å²) in [4.78, 5) is 80.3. The molecular weight excluding hydrogens is 1570 g/mol. The Hall–Kier alpha value is -13.2. The number of rotatable bonds is 27. The molecule has 0 bridgehead atoms. The summed E-state index contributed by atoms with van der Waals surface area (Å²) in [7, 11) is 0. The smallest absolute Gasteiger partial charge is 0.340 e. The van der Waals surface area contributed by atoms with Crippen LogP contribution in [0.2, 0.25) is 0 Å². The van der Waals surface area contributed by atoms with Crippen molar-refractivity contribution in [3.63, 3.8) is 0 Å². The minimum absolute atomic E-state index is 0.0491. The number of carbonyl (C=O) groups is 5. The maximum absolute atomic E-state index is 14.5. The van der Waals surface area contributed by atoms with Gasteiger partial charge >= 0.3 is 6.18 Å². The van der Waals surface area contributed by atoms with Crippen LogP contribution < -0.4 is 5.32 Å². The third-order valence-corrected chi connectivity index (χ3v) is 23.2. The number of halogens is 3. The lowest BCUT2D eigenvalue weighted by Gasteiger charge is -2.39. The number of nitrogens with one attached hydrogen (secondary N) is 1. The summed E-state index contributed by atoms with van der Waals surface area (Å²) in [5, 5.41) is 3.59. The van der Waals surface area contributed by atoms with Crippen molar-refractivity contribution in [1.29, 1.82) is 0 Å². The zero-order valence-electron chi connectivity index (χ0n) is 71.6. The van der Waals surface area contributed by atoms with Gasteiger partial charge in [0.15, 0.2) is 0 Å². The number of hydrogen-bond donors (Lipinski definition) is 1. The molecule has 3 fully saturated rings. The number of hydrogen-bond acceptors (Lipinski definition) is 9. The molecule has 3 aliphatic heterocycles. The highest BCUT2D eigenvalue weighted by Crippen LogP contribution is 2.31. The maximum Gasteiger partial charge on any atom is 0.416 e. The fraction of sp³-hybridized carbons (Fsp3) is 0.227. The number of carbonyl (C=O) groups excluding carboxylic acids is 5. The van der Waals surface area contributed by atoms with Gasteiger partial charge in [-0.3, -0.25) is 38.7 Å². The SMILES string of the molecule is C[C@@H](Cc1ccccc1)C(=O)N1CCN(Cc2ccccc2)CC1.O=C([C@H](Cc1ccccc1)N(Cc1ccc(-c2ccccc2)cc1)C(=O)/C=C/c1ccc(C(F)(F)F)cc1)N1CCN(Cc2ccccc2)CC1.O=C([C@H](Cc1ccccc1)NCc1ccc(-c2ccccc2)cc1)N1CCN(Cc2ccccc2)CC1.O=Cc1ccc(-c2ccccc2)cc1. The Morgan fingerprint density at radius 1 is 0.333 bits per heavy atom. The monoisotopic (exact) mass is 1680 g/mol. The van der Waals surface area contributed by atoms with Crippen LogP contribution in [0.4, 0.5) is 13.2 Å². The van der Waals surface area contributed by atoms with E-state index >= 15 is 0 Å². The van der Waals surface area contributed by atoms with Crippen molar-refractivity contribution in [3.8, 4) is 33.4 Å². The minimum Gasteiger partial charge on any atom is -0.340 e. The standard InChI is InChI=1S/C43H40F3N3O2.C33H35N3O.C21H26N2O.C13H10O/c44-43(45,46)39-23-18-33(19-24-39)20-25-41(50)49(32-36-16-21-38(22-17-36)37-14-8-3-9-15-37)40(30-34-10-4-1-5-11-34)42(51)48-28-26-47(27-29-48)31-35-12-6-2-7-13-35;37-33(36-22-20-35(21-23-36)26-29-12-6-2-7-13-29)32(24-27-10-4-1-5-11-27)34-25-28-16-18-31(19-17-28)30-14-8-3-9-15-30;1-18(16-19-8-4-2-5-9-19)21(24)23-14-12-22(13-15-23)17-20-10-6-3-7-11-20;14-10-11-6-8-13(9-7-11)12-4-2-1-3-5-12/h1-25,40H,26-32H2;1-19,32,34H,20-26H2;2-11,18H,12-17H2,1H3;1-10H/b25-20+;;;/t40-;32-;18-;/m000./s1. The number of piperazine rings is 3. The van der Waals surface area contributed by atoms with Gasteiger partial charge in [0.2, 0.25) is 23.6 Å². The third-order valence-electron chi connectivity index (χ3n) is 23.2. The van der Waals surface area contributed by atoms with E-state index in [4.69, 9.17) is 0 Å². The van der Waals surface area contributed by atoms with E-state index < -0.39 is 23.7 Å². The van der Waals surface area contributed by atoms with Crippen LogP contribution in [0.15, 0.2) is 376 Å². The van der Waals surface area contributed by atoms with Gasteiger partial charge in [-0.25, -0.2) is 0 Å². The summed E-state index contributed by atoms with van der Waals surface area (Å²) in [6.45, 7) is 15.0. The molecule has 0 unspecified atom stereocenters. The van der Waals surface area contributed by atoms with Gasteiger partial charge in [-0.2, -0.15) is 13.2 Å². The first-order valence-corrected chi connectivity index (χ1v) is 43.7. The van der Waals surface area contributed by atoms with Crippen molar-refractivity contribution in [1.82, 2.24) is 39.6 Å². The number of amides is 4. The number of benzene rings is 13. The van der Waals surface area contributed by atoms with Gasteiger partial charge in [-0.15, -0.1) is 0 Å². The number of nitrogens with zero attached hydrogens (tertiary/aromatic N) is 7. The average molecular weight is 1680 g/mol. The molecule has 3 aliphatic rings. The Morgan fingerprint density at radius 2 is 0.643 bits per heavy atom. The van der Waals surface area contributed by atoms with Crippen LogP contribution in [0.3, 0.4) is 0 Å². The molecule has 0 radical (unpaired) electrons. The van der Waals surface area contributed by atoms with E-state index in [9.17, 15) is 37.1 Å². The van der Waals surface area contributed by atoms with E-state index in [2.05, 4.69) is 172 Å². The largest absolute Gasteiger partial charge is 0.416 e. The van der Waals surface area contributed by atoms with Gasteiger partial charge < -0.3 is 24.9 Å². The van der Waals surface area contributed by atoms with Gasteiger partial charge in [-0.05, 0) is 115 Å². The summed E-state index contributed by atoms with van der Waals surface area (Å²) in [6.07, 6.45) is 1.07. The Bertz CT molecular complexity index is 5460. The second-order valence-electron chi connectivity index (χ2n) is 32.3. The first-order valence-electron chi connectivity index (χ1n) is 43.7. The topological polar surface area (TPSA) is 120 Å². The second-order valence-corrected chi connectivity index (χ2v) is 32.3. The molecule has 0 spiro atoms. The molecule has 13 nitrogen and oxygen atoms in total. The van der Waals surface area contributed by atoms with E-state index in [0.717, 1.165) is 125 Å². The molecule has 3 heterocycles. The molecular formula is C110H111F3N8O5. The molecule has 0 aliphatic carbocycles. The fourth-order valence-electron chi connectivity index (χ4n) is 16.1. The van der Waals surface area contributed by atoms with Crippen LogP contribution in [-0.4, -0.2) is 155 Å². The van der Waals surface area contributed by atoms with Crippen molar-refractivity contribution in [2.24, 2.45) is 5.92 Å². The van der Waals surface area contributed by atoms with Crippen molar-refractivity contribution in [3.05, 3.63) is 437 Å². The molecule has 16 rings (SSSR count). The van der Waals surface area contributed by atoms with Gasteiger partial charge in [0.05, 0.1) is 11.6 Å². The number of alkyl halides is 3. The fourth-order valence-corrected chi connectivity index (χ4v) is 16.1. The molecule has 642 valence electrons. The third kappa shape index (κ3) is 27.9. The molecule has 0 saturated carbocycles. The maximum atomic E-state index is 14.5. The van der Waals surface area contributed by atoms with Crippen LogP contribution in [0.5, 0.6) is 0 Å². The predicted molar refractivity (Wildman–Crippen MR) is 501 cm³/mol. The molecule has 3 atom stereocenters. The minimum atomic E-state index is -4.46. The van der Waals surface area contributed by atoms with Crippen LogP contribution in [0.25, 0.3) is 39.5 Å². The van der Waals surface area contributed by atoms with Crippen molar-refractivity contribution >= 4 is 36.0 Å². The first kappa shape index (κ1) is 90.5. The second kappa shape index (κ2) is 47.0. The van der Waals surface area contributed by atoms with Crippen LogP contribution in [-0.2, 0) is 77.3 Å². The van der Waals surface area contributed by atoms with Gasteiger partial charge in [0, 0.05) is 135 Å². The molecule has 4 amide bonds. The Kier molecular flexibility index (Phi) is 33.8. The van der Waals surface area contributed by atoms with Crippen molar-refractivity contribution in [2.75, 3.05) is 78.5 Å². The highest BCUT2D eigenvalue weighted by molar-refractivity contribution is 5.96. The average Bonchev–Trinajstić information content (AvgIpc) is 0.797. The zero-order valence-corrected chi connectivity index (χ0v) is 71.6. The van der Waals surface area contributed by atoms with E-state index in [1.807, 2.05) is 216 Å². The van der Waals surface area contributed by atoms with E-state index in [1.165, 1.54) is 74.4 Å².